The number of aliphatic imine (C=N–C) groups is 2. The lowest BCUT2D eigenvalue weighted by Gasteiger charge is -2.07. The molecular formula is C10H11Cl2N5O2. The molecule has 7 nitrogen and oxygen atoms in total. The average molecular weight is 304 g/mol. The molecule has 0 fully saturated rings. The SMILES string of the molecule is COC(=O)c1ccc(Cl)c(N=C(N)N=C(N)N)c1Cl. The Morgan fingerprint density at radius 1 is 1.26 bits per heavy atom. The molecule has 6 N–H and O–H groups in total. The fourth-order valence-corrected chi connectivity index (χ4v) is 1.72. The van der Waals surface area contributed by atoms with Crippen LogP contribution < -0.4 is 17.2 Å². The molecule has 1 rings (SSSR count). The summed E-state index contributed by atoms with van der Waals surface area (Å²) in [5.41, 5.74) is 16.0. The van der Waals surface area contributed by atoms with E-state index in [1.165, 1.54) is 19.2 Å². The molecule has 1 aromatic rings. The Labute approximate surface area is 119 Å². The molecule has 0 radical (unpaired) electrons. The van der Waals surface area contributed by atoms with Gasteiger partial charge in [0.05, 0.1) is 22.7 Å². The molecule has 0 aliphatic carbocycles. The van der Waals surface area contributed by atoms with Gasteiger partial charge in [-0.25, -0.2) is 9.79 Å². The van der Waals surface area contributed by atoms with E-state index in [2.05, 4.69) is 14.7 Å². The number of benzene rings is 1. The summed E-state index contributed by atoms with van der Waals surface area (Å²) in [7, 11) is 1.23. The van der Waals surface area contributed by atoms with E-state index in [1.54, 1.807) is 0 Å². The number of nitrogens with two attached hydrogens (primary N) is 3. The Hall–Kier alpha value is -1.99. The van der Waals surface area contributed by atoms with Gasteiger partial charge >= 0.3 is 5.97 Å². The second-order valence-corrected chi connectivity index (χ2v) is 4.04. The number of nitrogens with zero attached hydrogens (tertiary/aromatic N) is 2. The molecule has 0 saturated heterocycles. The van der Waals surface area contributed by atoms with E-state index < -0.39 is 5.97 Å². The van der Waals surface area contributed by atoms with Crippen molar-refractivity contribution in [2.45, 2.75) is 0 Å². The van der Waals surface area contributed by atoms with Gasteiger partial charge in [-0.3, -0.25) is 0 Å². The summed E-state index contributed by atoms with van der Waals surface area (Å²) in [6, 6.07) is 2.84. The number of methoxy groups -OCH3 is 1. The lowest BCUT2D eigenvalue weighted by Crippen LogP contribution is -2.26. The van der Waals surface area contributed by atoms with Crippen molar-refractivity contribution in [2.75, 3.05) is 7.11 Å². The number of guanidine groups is 2. The Bertz CT molecular complexity index is 567. The minimum absolute atomic E-state index is 0.00640. The first-order valence-corrected chi connectivity index (χ1v) is 5.62. The maximum atomic E-state index is 11.5. The lowest BCUT2D eigenvalue weighted by atomic mass is 10.2. The minimum atomic E-state index is -0.626. The fourth-order valence-electron chi connectivity index (χ4n) is 1.18. The van der Waals surface area contributed by atoms with Gasteiger partial charge in [0.25, 0.3) is 0 Å². The minimum Gasteiger partial charge on any atom is -0.465 e. The standard InChI is InChI=1S/C10H11Cl2N5O2/c1-19-8(18)4-2-3-5(11)7(6(4)12)16-10(15)17-9(13)14/h2-3H,1H3,(H6,13,14,15,16,17). The number of halogens is 2. The van der Waals surface area contributed by atoms with Gasteiger partial charge in [-0.05, 0) is 12.1 Å². The van der Waals surface area contributed by atoms with Gasteiger partial charge in [-0.2, -0.15) is 4.99 Å². The smallest absolute Gasteiger partial charge is 0.339 e. The Balaban J connectivity index is 3.36. The van der Waals surface area contributed by atoms with E-state index in [1.807, 2.05) is 0 Å². The predicted molar refractivity (Wildman–Crippen MR) is 74.9 cm³/mol. The molecule has 102 valence electrons. The van der Waals surface area contributed by atoms with Crippen LogP contribution in [0.25, 0.3) is 0 Å². The summed E-state index contributed by atoms with van der Waals surface area (Å²) in [5, 5.41) is 0.180. The lowest BCUT2D eigenvalue weighted by molar-refractivity contribution is 0.0601. The molecule has 0 heterocycles. The van der Waals surface area contributed by atoms with Crippen LogP contribution in [-0.4, -0.2) is 25.0 Å². The summed E-state index contributed by atoms with van der Waals surface area (Å²) < 4.78 is 4.57. The first-order chi connectivity index (χ1) is 8.86. The third kappa shape index (κ3) is 3.73. The molecule has 0 aliphatic rings. The number of hydrogen-bond acceptors (Lipinski definition) is 3. The van der Waals surface area contributed by atoms with Crippen molar-refractivity contribution in [1.29, 1.82) is 0 Å². The third-order valence-electron chi connectivity index (χ3n) is 1.94. The van der Waals surface area contributed by atoms with Gasteiger partial charge < -0.3 is 21.9 Å². The largest absolute Gasteiger partial charge is 0.465 e. The van der Waals surface area contributed by atoms with Crippen LogP contribution in [0.2, 0.25) is 10.0 Å². The summed E-state index contributed by atoms with van der Waals surface area (Å²) >= 11 is 11.9. The van der Waals surface area contributed by atoms with Crippen LogP contribution in [0.4, 0.5) is 5.69 Å². The molecule has 0 bridgehead atoms. The summed E-state index contributed by atoms with van der Waals surface area (Å²) in [5.74, 6) is -1.14. The Kier molecular flexibility index (Phi) is 4.96. The van der Waals surface area contributed by atoms with E-state index in [9.17, 15) is 4.79 Å². The van der Waals surface area contributed by atoms with E-state index in [0.29, 0.717) is 0 Å². The first-order valence-electron chi connectivity index (χ1n) is 4.87. The summed E-state index contributed by atoms with van der Waals surface area (Å²) in [6.45, 7) is 0. The van der Waals surface area contributed by atoms with Gasteiger partial charge in [-0.1, -0.05) is 23.2 Å². The van der Waals surface area contributed by atoms with Crippen LogP contribution in [0.15, 0.2) is 22.1 Å². The highest BCUT2D eigenvalue weighted by molar-refractivity contribution is 6.40. The zero-order valence-electron chi connectivity index (χ0n) is 9.85. The Morgan fingerprint density at radius 3 is 2.42 bits per heavy atom. The second kappa shape index (κ2) is 6.26. The zero-order valence-corrected chi connectivity index (χ0v) is 11.4. The van der Waals surface area contributed by atoms with Crippen LogP contribution >= 0.6 is 23.2 Å². The number of ether oxygens (including phenoxy) is 1. The quantitative estimate of drug-likeness (QED) is 0.426. The van der Waals surface area contributed by atoms with Gasteiger partial charge in [0, 0.05) is 0 Å². The highest BCUT2D eigenvalue weighted by atomic mass is 35.5. The maximum Gasteiger partial charge on any atom is 0.339 e. The number of esters is 1. The molecule has 0 saturated carbocycles. The summed E-state index contributed by atoms with van der Waals surface area (Å²) in [6.07, 6.45) is 0. The van der Waals surface area contributed by atoms with Crippen molar-refractivity contribution in [3.8, 4) is 0 Å². The number of carbonyl (C=O) groups excluding carboxylic acids is 1. The number of hydrogen-bond donors (Lipinski definition) is 3. The monoisotopic (exact) mass is 303 g/mol. The van der Waals surface area contributed by atoms with Crippen LogP contribution in [0.3, 0.4) is 0 Å². The van der Waals surface area contributed by atoms with Gasteiger partial charge in [0.2, 0.25) is 5.96 Å². The van der Waals surface area contributed by atoms with E-state index in [0.717, 1.165) is 0 Å². The van der Waals surface area contributed by atoms with Crippen molar-refractivity contribution in [1.82, 2.24) is 0 Å². The van der Waals surface area contributed by atoms with Gasteiger partial charge in [0.15, 0.2) is 5.96 Å². The van der Waals surface area contributed by atoms with E-state index in [4.69, 9.17) is 40.4 Å². The van der Waals surface area contributed by atoms with Crippen molar-refractivity contribution in [2.24, 2.45) is 27.2 Å². The molecule has 0 aromatic heterocycles. The van der Waals surface area contributed by atoms with Crippen molar-refractivity contribution in [3.05, 3.63) is 27.7 Å². The van der Waals surface area contributed by atoms with E-state index in [-0.39, 0.29) is 33.2 Å². The van der Waals surface area contributed by atoms with E-state index >= 15 is 0 Å². The van der Waals surface area contributed by atoms with Gasteiger partial charge in [-0.15, -0.1) is 0 Å². The number of rotatable bonds is 2. The molecule has 0 unspecified atom stereocenters. The molecule has 1 aromatic carbocycles. The van der Waals surface area contributed by atoms with Crippen molar-refractivity contribution >= 4 is 46.8 Å². The van der Waals surface area contributed by atoms with Crippen molar-refractivity contribution < 1.29 is 9.53 Å². The average Bonchev–Trinajstić information content (AvgIpc) is 2.32. The fraction of sp³-hybridized carbons (Fsp3) is 0.100. The van der Waals surface area contributed by atoms with Crippen molar-refractivity contribution in [3.63, 3.8) is 0 Å². The van der Waals surface area contributed by atoms with Gasteiger partial charge in [0.1, 0.15) is 5.69 Å². The second-order valence-electron chi connectivity index (χ2n) is 3.26. The predicted octanol–water partition coefficient (Wildman–Crippen LogP) is 1.000. The maximum absolute atomic E-state index is 11.5. The molecule has 19 heavy (non-hydrogen) atoms. The zero-order chi connectivity index (χ0) is 14.6. The summed E-state index contributed by atoms with van der Waals surface area (Å²) in [4.78, 5) is 18.8. The van der Waals surface area contributed by atoms with Crippen LogP contribution in [-0.2, 0) is 4.74 Å². The molecule has 0 aliphatic heterocycles. The third-order valence-corrected chi connectivity index (χ3v) is 2.63. The molecule has 0 amide bonds. The first kappa shape index (κ1) is 15.1. The topological polar surface area (TPSA) is 129 Å². The normalized spacial score (nSPS) is 11.0. The Morgan fingerprint density at radius 2 is 1.89 bits per heavy atom. The highest BCUT2D eigenvalue weighted by Gasteiger charge is 2.16. The molecule has 0 spiro atoms. The van der Waals surface area contributed by atoms with Crippen LogP contribution in [0.5, 0.6) is 0 Å². The number of carbonyl (C=O) groups is 1. The molecular weight excluding hydrogens is 293 g/mol. The molecule has 9 heteroatoms. The highest BCUT2D eigenvalue weighted by Crippen LogP contribution is 2.36. The van der Waals surface area contributed by atoms with Crippen LogP contribution in [0, 0.1) is 0 Å². The molecule has 0 atom stereocenters. The van der Waals surface area contributed by atoms with Crippen LogP contribution in [0.1, 0.15) is 10.4 Å².